The van der Waals surface area contributed by atoms with Crippen LogP contribution < -0.4 is 15.0 Å². The van der Waals surface area contributed by atoms with Gasteiger partial charge in [0.25, 0.3) is 5.89 Å². The molecule has 4 heterocycles. The number of piperidine rings is 1. The minimum Gasteiger partial charge on any atom is -0.516 e. The lowest BCUT2D eigenvalue weighted by Gasteiger charge is -2.35. The Balaban J connectivity index is 1.52. The monoisotopic (exact) mass is 471 g/mol. The molecular weight excluding hydrogens is 446 g/mol. The summed E-state index contributed by atoms with van der Waals surface area (Å²) >= 11 is 0. The van der Waals surface area contributed by atoms with E-state index in [-0.39, 0.29) is 11.3 Å². The van der Waals surface area contributed by atoms with Crippen LogP contribution in [0, 0.1) is 19.7 Å². The largest absolute Gasteiger partial charge is 0.516 e. The number of benzene rings is 1. The summed E-state index contributed by atoms with van der Waals surface area (Å²) in [6, 6.07) is 3.59. The predicted octanol–water partition coefficient (Wildman–Crippen LogP) is 1.88. The zero-order chi connectivity index (χ0) is 24.7. The summed E-state index contributed by atoms with van der Waals surface area (Å²) in [5, 5.41) is 6.21. The van der Waals surface area contributed by atoms with Crippen molar-refractivity contribution in [2.24, 2.45) is 0 Å². The van der Waals surface area contributed by atoms with Crippen LogP contribution in [0.3, 0.4) is 0 Å². The number of aryl methyl sites for hydroxylation is 2. The van der Waals surface area contributed by atoms with Crippen LogP contribution in [0.5, 0.6) is 5.75 Å². The number of rotatable bonds is 6. The van der Waals surface area contributed by atoms with Crippen molar-refractivity contribution in [1.29, 1.82) is 0 Å². The Morgan fingerprint density at radius 2 is 1.89 bits per heavy atom. The highest BCUT2D eigenvalue weighted by Crippen LogP contribution is 2.39. The van der Waals surface area contributed by atoms with Crippen molar-refractivity contribution in [2.75, 3.05) is 31.2 Å². The van der Waals surface area contributed by atoms with Gasteiger partial charge in [0.05, 0.1) is 12.2 Å². The van der Waals surface area contributed by atoms with Crippen LogP contribution >= 0.6 is 0 Å². The first-order valence-electron chi connectivity index (χ1n) is 11.8. The smallest absolute Gasteiger partial charge is 0.261 e. The second kappa shape index (κ2) is 9.46. The van der Waals surface area contributed by atoms with Gasteiger partial charge in [0.1, 0.15) is 40.6 Å². The summed E-state index contributed by atoms with van der Waals surface area (Å²) in [4.78, 5) is 11.3. The maximum Gasteiger partial charge on any atom is 0.261 e. The fourth-order valence-electron chi connectivity index (χ4n) is 4.84. The first-order chi connectivity index (χ1) is 16.7. The van der Waals surface area contributed by atoms with Gasteiger partial charge in [0, 0.05) is 43.2 Å². The molecule has 2 aliphatic heterocycles. The van der Waals surface area contributed by atoms with Gasteiger partial charge in [0.2, 0.25) is 0 Å². The van der Waals surface area contributed by atoms with E-state index in [2.05, 4.69) is 20.4 Å². The van der Waals surface area contributed by atoms with Crippen molar-refractivity contribution < 1.29 is 18.4 Å². The second-order valence-electron chi connectivity index (χ2n) is 9.33. The molecule has 2 fully saturated rings. The summed E-state index contributed by atoms with van der Waals surface area (Å²) in [6.07, 6.45) is 2.90. The van der Waals surface area contributed by atoms with Crippen LogP contribution in [0.15, 0.2) is 16.7 Å². The quantitative estimate of drug-likeness (QED) is 0.547. The van der Waals surface area contributed by atoms with E-state index in [1.807, 2.05) is 6.92 Å². The number of pyridine rings is 1. The van der Waals surface area contributed by atoms with E-state index >= 15 is 4.39 Å². The van der Waals surface area contributed by atoms with Crippen molar-refractivity contribution in [2.45, 2.75) is 50.5 Å². The standard InChI is InChI=1S/C23H25B3FN5O3/c1-12-17-9-16(34-23(24,25)26)10-18(27)20(17)30-21(19(12)22-28-13(2)31-35-22)32-6-3-14(4-7-32)29-15-5-8-33-11-15/h9-10,14-15,29H,3-8,11H2,1-2H3/t15-/m1/s1. The molecule has 2 aromatic heterocycles. The minimum atomic E-state index is -1.95. The Hall–Kier alpha value is -2.59. The van der Waals surface area contributed by atoms with Crippen LogP contribution in [-0.4, -0.2) is 82.3 Å². The molecule has 0 amide bonds. The molecule has 2 saturated heterocycles. The molecule has 3 aromatic rings. The highest BCUT2D eigenvalue weighted by Gasteiger charge is 2.29. The summed E-state index contributed by atoms with van der Waals surface area (Å²) in [7, 11) is 16.7. The number of nitrogens with one attached hydrogen (secondary N) is 1. The van der Waals surface area contributed by atoms with Gasteiger partial charge in [-0.05, 0) is 50.0 Å². The van der Waals surface area contributed by atoms with Gasteiger partial charge >= 0.3 is 0 Å². The fraction of sp³-hybridized carbons (Fsp3) is 0.522. The normalized spacial score (nSPS) is 19.5. The average Bonchev–Trinajstić information content (AvgIpc) is 3.45. The lowest BCUT2D eigenvalue weighted by molar-refractivity contribution is 0.186. The summed E-state index contributed by atoms with van der Waals surface area (Å²) in [6.45, 7) is 6.68. The lowest BCUT2D eigenvalue weighted by atomic mass is 9.52. The van der Waals surface area contributed by atoms with Crippen molar-refractivity contribution in [3.05, 3.63) is 29.3 Å². The summed E-state index contributed by atoms with van der Waals surface area (Å²) < 4.78 is 31.5. The highest BCUT2D eigenvalue weighted by molar-refractivity contribution is 6.58. The number of aromatic nitrogens is 3. The van der Waals surface area contributed by atoms with Crippen LogP contribution in [0.4, 0.5) is 10.2 Å². The number of hydrogen-bond acceptors (Lipinski definition) is 8. The number of nitrogens with zero attached hydrogens (tertiary/aromatic N) is 4. The van der Waals surface area contributed by atoms with E-state index in [9.17, 15) is 0 Å². The first kappa shape index (κ1) is 24.1. The second-order valence-corrected chi connectivity index (χ2v) is 9.33. The molecule has 0 bridgehead atoms. The van der Waals surface area contributed by atoms with E-state index < -0.39 is 11.1 Å². The van der Waals surface area contributed by atoms with Crippen LogP contribution in [0.2, 0.25) is 0 Å². The Bertz CT molecular complexity index is 1220. The third-order valence-electron chi connectivity index (χ3n) is 6.49. The Labute approximate surface area is 207 Å². The van der Waals surface area contributed by atoms with Crippen LogP contribution in [0.25, 0.3) is 22.4 Å². The first-order valence-corrected chi connectivity index (χ1v) is 11.8. The van der Waals surface area contributed by atoms with Gasteiger partial charge in [-0.1, -0.05) is 5.16 Å². The zero-order valence-electron chi connectivity index (χ0n) is 19.9. The maximum atomic E-state index is 15.2. The summed E-state index contributed by atoms with van der Waals surface area (Å²) in [5.41, 5.74) is 1.58. The Morgan fingerprint density at radius 3 is 2.51 bits per heavy atom. The van der Waals surface area contributed by atoms with Gasteiger partial charge in [-0.2, -0.15) is 4.98 Å². The molecule has 1 atom stereocenters. The van der Waals surface area contributed by atoms with Gasteiger partial charge < -0.3 is 24.2 Å². The van der Waals surface area contributed by atoms with Crippen LogP contribution in [0.1, 0.15) is 30.7 Å². The molecule has 1 N–H and O–H groups in total. The molecule has 8 nitrogen and oxygen atoms in total. The van der Waals surface area contributed by atoms with Gasteiger partial charge in [-0.15, -0.1) is 0 Å². The SMILES string of the molecule is [B]C([B])([B])Oc1cc(F)c2nc(N3CCC(N[C@@H]4CCOC4)CC3)c(-c3nc(C)no3)c(C)c2c1. The van der Waals surface area contributed by atoms with E-state index in [1.54, 1.807) is 13.0 Å². The number of fused-ring (bicyclic) bond motifs is 1. The molecule has 0 unspecified atom stereocenters. The molecule has 0 saturated carbocycles. The molecule has 35 heavy (non-hydrogen) atoms. The molecule has 0 spiro atoms. The lowest BCUT2D eigenvalue weighted by Crippen LogP contribution is -2.46. The Kier molecular flexibility index (Phi) is 6.52. The Morgan fingerprint density at radius 1 is 1.11 bits per heavy atom. The van der Waals surface area contributed by atoms with Crippen LogP contribution in [-0.2, 0) is 4.74 Å². The van der Waals surface area contributed by atoms with Gasteiger partial charge in [-0.25, -0.2) is 9.37 Å². The highest BCUT2D eigenvalue weighted by atomic mass is 19.1. The van der Waals surface area contributed by atoms with Crippen molar-refractivity contribution in [3.8, 4) is 17.2 Å². The van der Waals surface area contributed by atoms with Gasteiger partial charge in [-0.3, -0.25) is 0 Å². The van der Waals surface area contributed by atoms with E-state index in [4.69, 9.17) is 42.5 Å². The van der Waals surface area contributed by atoms with Crippen molar-refractivity contribution in [1.82, 2.24) is 20.4 Å². The van der Waals surface area contributed by atoms with Crippen molar-refractivity contribution in [3.63, 3.8) is 0 Å². The number of anilines is 1. The third-order valence-corrected chi connectivity index (χ3v) is 6.49. The number of hydrogen-bond donors (Lipinski definition) is 1. The topological polar surface area (TPSA) is 85.5 Å². The van der Waals surface area contributed by atoms with E-state index in [1.165, 1.54) is 6.07 Å². The molecule has 2 aliphatic rings. The molecular formula is C23H25B3FN5O3. The summed E-state index contributed by atoms with van der Waals surface area (Å²) in [5.74, 6) is 0.951. The molecule has 5 rings (SSSR count). The molecule has 12 heteroatoms. The average molecular weight is 471 g/mol. The molecule has 0 aliphatic carbocycles. The number of ether oxygens (including phenoxy) is 2. The van der Waals surface area contributed by atoms with E-state index in [0.717, 1.165) is 51.1 Å². The third kappa shape index (κ3) is 5.18. The molecule has 176 valence electrons. The van der Waals surface area contributed by atoms with E-state index in [0.29, 0.717) is 40.6 Å². The molecule has 6 radical (unpaired) electrons. The van der Waals surface area contributed by atoms with Crippen molar-refractivity contribution >= 4 is 40.3 Å². The fourth-order valence-corrected chi connectivity index (χ4v) is 4.84. The maximum absolute atomic E-state index is 15.2. The van der Waals surface area contributed by atoms with Gasteiger partial charge in [0.15, 0.2) is 11.6 Å². The molecule has 1 aromatic carbocycles. The predicted molar refractivity (Wildman–Crippen MR) is 133 cm³/mol. The minimum absolute atomic E-state index is 0.0931. The zero-order valence-corrected chi connectivity index (χ0v) is 19.9. The number of halogens is 1.